The van der Waals surface area contributed by atoms with Crippen molar-refractivity contribution in [3.8, 4) is 0 Å². The van der Waals surface area contributed by atoms with Crippen LogP contribution < -0.4 is 5.43 Å². The van der Waals surface area contributed by atoms with E-state index in [2.05, 4.69) is 0 Å². The highest BCUT2D eigenvalue weighted by Crippen LogP contribution is 2.27. The van der Waals surface area contributed by atoms with Crippen LogP contribution in [0.3, 0.4) is 0 Å². The minimum atomic E-state index is -0.497. The van der Waals surface area contributed by atoms with Crippen molar-refractivity contribution in [3.05, 3.63) is 46.2 Å². The van der Waals surface area contributed by atoms with Crippen LogP contribution in [0.5, 0.6) is 0 Å². The highest BCUT2D eigenvalue weighted by Gasteiger charge is 2.20. The van der Waals surface area contributed by atoms with E-state index in [-0.39, 0.29) is 23.3 Å². The van der Waals surface area contributed by atoms with Gasteiger partial charge in [0.05, 0.1) is 12.1 Å². The SMILES string of the molecule is CCOC(=O)c1cc(=O)c2oc3ccccc3c2n1CC. The molecule has 0 saturated heterocycles. The highest BCUT2D eigenvalue weighted by atomic mass is 16.5. The maximum Gasteiger partial charge on any atom is 0.355 e. The van der Waals surface area contributed by atoms with Gasteiger partial charge in [-0.15, -0.1) is 0 Å². The zero-order valence-corrected chi connectivity index (χ0v) is 11.9. The lowest BCUT2D eigenvalue weighted by Crippen LogP contribution is -2.18. The molecule has 0 atom stereocenters. The number of furan rings is 1. The zero-order chi connectivity index (χ0) is 15.0. The number of carbonyl (C=O) groups is 1. The lowest BCUT2D eigenvalue weighted by Gasteiger charge is -2.11. The van der Waals surface area contributed by atoms with Gasteiger partial charge in [-0.05, 0) is 26.0 Å². The van der Waals surface area contributed by atoms with Crippen LogP contribution in [0, 0.1) is 0 Å². The number of pyridine rings is 1. The molecule has 0 saturated carbocycles. The van der Waals surface area contributed by atoms with Crippen molar-refractivity contribution in [1.29, 1.82) is 0 Å². The summed E-state index contributed by atoms with van der Waals surface area (Å²) in [6.07, 6.45) is 0. The van der Waals surface area contributed by atoms with Gasteiger partial charge in [0.25, 0.3) is 0 Å². The number of ether oxygens (including phenoxy) is 1. The summed E-state index contributed by atoms with van der Waals surface area (Å²) in [4.78, 5) is 24.3. The molecule has 0 amide bonds. The Morgan fingerprint density at radius 1 is 1.29 bits per heavy atom. The molecule has 0 aliphatic carbocycles. The van der Waals surface area contributed by atoms with E-state index >= 15 is 0 Å². The van der Waals surface area contributed by atoms with Crippen LogP contribution in [0.15, 0.2) is 39.5 Å². The first-order chi connectivity index (χ1) is 10.2. The van der Waals surface area contributed by atoms with Gasteiger partial charge in [-0.2, -0.15) is 0 Å². The average Bonchev–Trinajstić information content (AvgIpc) is 2.88. The van der Waals surface area contributed by atoms with Gasteiger partial charge in [0.1, 0.15) is 11.3 Å². The van der Waals surface area contributed by atoms with E-state index in [1.54, 1.807) is 17.6 Å². The van der Waals surface area contributed by atoms with Crippen molar-refractivity contribution in [2.75, 3.05) is 6.61 Å². The topological polar surface area (TPSA) is 61.4 Å². The summed E-state index contributed by atoms with van der Waals surface area (Å²) >= 11 is 0. The van der Waals surface area contributed by atoms with Crippen LogP contribution in [-0.2, 0) is 11.3 Å². The number of hydrogen-bond donors (Lipinski definition) is 0. The lowest BCUT2D eigenvalue weighted by atomic mass is 10.2. The molecule has 108 valence electrons. The number of para-hydroxylation sites is 1. The van der Waals surface area contributed by atoms with Gasteiger partial charge < -0.3 is 13.7 Å². The molecule has 1 aromatic carbocycles. The standard InChI is InChI=1S/C16H15NO4/c1-3-17-11(16(19)20-4-2)9-12(18)15-14(17)10-7-5-6-8-13(10)21-15/h5-9H,3-4H2,1-2H3. The number of nitrogens with zero attached hydrogens (tertiary/aromatic N) is 1. The maximum absolute atomic E-state index is 12.2. The van der Waals surface area contributed by atoms with E-state index in [0.29, 0.717) is 17.6 Å². The second-order valence-electron chi connectivity index (χ2n) is 4.63. The summed E-state index contributed by atoms with van der Waals surface area (Å²) in [5, 5.41) is 0.817. The molecule has 2 heterocycles. The molecule has 0 fully saturated rings. The molecule has 0 radical (unpaired) electrons. The van der Waals surface area contributed by atoms with Gasteiger partial charge in [-0.1, -0.05) is 12.1 Å². The van der Waals surface area contributed by atoms with Crippen molar-refractivity contribution in [2.45, 2.75) is 20.4 Å². The fourth-order valence-corrected chi connectivity index (χ4v) is 2.56. The molecule has 5 heteroatoms. The molecule has 3 aromatic rings. The minimum Gasteiger partial charge on any atom is -0.461 e. The van der Waals surface area contributed by atoms with E-state index in [4.69, 9.17) is 9.15 Å². The first-order valence-corrected chi connectivity index (χ1v) is 6.89. The second kappa shape index (κ2) is 5.09. The van der Waals surface area contributed by atoms with Crippen molar-refractivity contribution >= 4 is 28.0 Å². The largest absolute Gasteiger partial charge is 0.461 e. The normalized spacial score (nSPS) is 11.1. The van der Waals surface area contributed by atoms with Crippen molar-refractivity contribution in [1.82, 2.24) is 4.57 Å². The summed E-state index contributed by atoms with van der Waals surface area (Å²) < 4.78 is 12.4. The molecule has 0 aliphatic rings. The van der Waals surface area contributed by atoms with Crippen LogP contribution in [0.25, 0.3) is 22.1 Å². The molecular weight excluding hydrogens is 270 g/mol. The summed E-state index contributed by atoms with van der Waals surface area (Å²) in [5.41, 5.74) is 1.49. The zero-order valence-electron chi connectivity index (χ0n) is 11.9. The molecule has 0 aliphatic heterocycles. The number of carbonyl (C=O) groups excluding carboxylic acids is 1. The Balaban J connectivity index is 2.44. The maximum atomic E-state index is 12.2. The monoisotopic (exact) mass is 285 g/mol. The number of fused-ring (bicyclic) bond motifs is 3. The van der Waals surface area contributed by atoms with E-state index in [0.717, 1.165) is 5.39 Å². The van der Waals surface area contributed by atoms with Crippen LogP contribution in [0.4, 0.5) is 0 Å². The molecular formula is C16H15NO4. The Kier molecular flexibility index (Phi) is 3.25. The average molecular weight is 285 g/mol. The van der Waals surface area contributed by atoms with Gasteiger partial charge in [0.15, 0.2) is 5.58 Å². The molecule has 0 spiro atoms. The molecule has 0 bridgehead atoms. The molecule has 0 N–H and O–H groups in total. The number of rotatable bonds is 3. The van der Waals surface area contributed by atoms with Crippen LogP contribution in [-0.4, -0.2) is 17.1 Å². The number of hydrogen-bond acceptors (Lipinski definition) is 4. The third-order valence-corrected chi connectivity index (χ3v) is 3.42. The fourth-order valence-electron chi connectivity index (χ4n) is 2.56. The van der Waals surface area contributed by atoms with E-state index in [1.807, 2.05) is 25.1 Å². The quantitative estimate of drug-likeness (QED) is 0.694. The van der Waals surface area contributed by atoms with Gasteiger partial charge in [-0.25, -0.2) is 4.79 Å². The molecule has 2 aromatic heterocycles. The van der Waals surface area contributed by atoms with E-state index < -0.39 is 5.97 Å². The molecule has 21 heavy (non-hydrogen) atoms. The third-order valence-electron chi connectivity index (χ3n) is 3.42. The molecule has 0 unspecified atom stereocenters. The van der Waals surface area contributed by atoms with Crippen molar-refractivity contribution in [2.24, 2.45) is 0 Å². The minimum absolute atomic E-state index is 0.253. The summed E-state index contributed by atoms with van der Waals surface area (Å²) in [6.45, 7) is 4.45. The summed E-state index contributed by atoms with van der Waals surface area (Å²) in [6, 6.07) is 8.68. The second-order valence-corrected chi connectivity index (χ2v) is 4.63. The first kappa shape index (κ1) is 13.4. The Hall–Kier alpha value is -2.56. The Bertz CT molecular complexity index is 888. The van der Waals surface area contributed by atoms with Crippen LogP contribution in [0.1, 0.15) is 24.3 Å². The lowest BCUT2D eigenvalue weighted by molar-refractivity contribution is 0.0513. The third kappa shape index (κ3) is 2.01. The Morgan fingerprint density at radius 3 is 2.76 bits per heavy atom. The predicted octanol–water partition coefficient (Wildman–Crippen LogP) is 2.94. The Morgan fingerprint density at radius 2 is 2.05 bits per heavy atom. The summed E-state index contributed by atoms with van der Waals surface area (Å²) in [5.74, 6) is -0.497. The number of aryl methyl sites for hydroxylation is 1. The highest BCUT2D eigenvalue weighted by molar-refractivity contribution is 6.04. The van der Waals surface area contributed by atoms with Crippen LogP contribution in [0.2, 0.25) is 0 Å². The van der Waals surface area contributed by atoms with E-state index in [9.17, 15) is 9.59 Å². The van der Waals surface area contributed by atoms with Gasteiger partial charge in [0, 0.05) is 18.0 Å². The van der Waals surface area contributed by atoms with Crippen molar-refractivity contribution < 1.29 is 13.9 Å². The predicted molar refractivity (Wildman–Crippen MR) is 79.6 cm³/mol. The Labute approximate surface area is 120 Å². The van der Waals surface area contributed by atoms with E-state index in [1.165, 1.54) is 6.07 Å². The van der Waals surface area contributed by atoms with Crippen molar-refractivity contribution in [3.63, 3.8) is 0 Å². The van der Waals surface area contributed by atoms with Gasteiger partial charge >= 0.3 is 5.97 Å². The smallest absolute Gasteiger partial charge is 0.355 e. The van der Waals surface area contributed by atoms with Gasteiger partial charge in [0.2, 0.25) is 5.43 Å². The van der Waals surface area contributed by atoms with Gasteiger partial charge in [-0.3, -0.25) is 4.79 Å². The molecule has 5 nitrogen and oxygen atoms in total. The first-order valence-electron chi connectivity index (χ1n) is 6.89. The molecule has 3 rings (SSSR count). The van der Waals surface area contributed by atoms with Crippen LogP contribution >= 0.6 is 0 Å². The fraction of sp³-hybridized carbons (Fsp3) is 0.250. The summed E-state index contributed by atoms with van der Waals surface area (Å²) in [7, 11) is 0. The number of benzene rings is 1. The number of aromatic nitrogens is 1. The number of esters is 1.